The summed E-state index contributed by atoms with van der Waals surface area (Å²) < 4.78 is 5.35. The van der Waals surface area contributed by atoms with Gasteiger partial charge >= 0.3 is 0 Å². The molecule has 0 aliphatic rings. The van der Waals surface area contributed by atoms with Crippen LogP contribution in [0.3, 0.4) is 0 Å². The van der Waals surface area contributed by atoms with E-state index >= 15 is 0 Å². The van der Waals surface area contributed by atoms with Gasteiger partial charge in [-0.2, -0.15) is 0 Å². The van der Waals surface area contributed by atoms with Crippen molar-refractivity contribution in [2.75, 3.05) is 5.43 Å². The second-order valence-electron chi connectivity index (χ2n) is 3.90. The van der Waals surface area contributed by atoms with E-state index in [-0.39, 0.29) is 11.1 Å². The van der Waals surface area contributed by atoms with Crippen LogP contribution in [-0.4, -0.2) is 10.9 Å². The monoisotopic (exact) mass is 280 g/mol. The average molecular weight is 281 g/mol. The summed E-state index contributed by atoms with van der Waals surface area (Å²) in [4.78, 5) is 15.8. The number of pyridine rings is 1. The number of rotatable bonds is 4. The molecule has 0 radical (unpaired) electrons. The maximum Gasteiger partial charge on any atom is 0.251 e. The number of furan rings is 1. The Bertz CT molecular complexity index is 597. The molecule has 7 heteroatoms. The lowest BCUT2D eigenvalue weighted by Crippen LogP contribution is -2.23. The third-order valence-electron chi connectivity index (χ3n) is 2.42. The first-order chi connectivity index (χ1) is 9.08. The van der Waals surface area contributed by atoms with Crippen LogP contribution in [0.1, 0.15) is 21.9 Å². The van der Waals surface area contributed by atoms with E-state index < -0.39 is 0 Å². The van der Waals surface area contributed by atoms with Crippen molar-refractivity contribution in [1.82, 2.24) is 10.3 Å². The summed E-state index contributed by atoms with van der Waals surface area (Å²) in [6.45, 7) is 2.14. The molecule has 0 aliphatic carbocycles. The predicted octanol–water partition coefficient (Wildman–Crippen LogP) is 1.85. The number of halogens is 1. The molecule has 0 atom stereocenters. The highest BCUT2D eigenvalue weighted by atomic mass is 35.5. The Labute approximate surface area is 114 Å². The molecule has 1 amide bonds. The minimum absolute atomic E-state index is 0.189. The van der Waals surface area contributed by atoms with Crippen molar-refractivity contribution >= 4 is 23.3 Å². The first-order valence-corrected chi connectivity index (χ1v) is 5.94. The van der Waals surface area contributed by atoms with Crippen LogP contribution in [0.4, 0.5) is 5.82 Å². The fraction of sp³-hybridized carbons (Fsp3) is 0.167. The van der Waals surface area contributed by atoms with Crippen LogP contribution in [0.5, 0.6) is 0 Å². The van der Waals surface area contributed by atoms with Crippen molar-refractivity contribution in [3.63, 3.8) is 0 Å². The SMILES string of the molecule is Cc1ccc(CNC(=O)c2cc(Cl)nc(NN)c2)o1. The summed E-state index contributed by atoms with van der Waals surface area (Å²) in [7, 11) is 0. The van der Waals surface area contributed by atoms with Crippen LogP contribution < -0.4 is 16.6 Å². The third-order valence-corrected chi connectivity index (χ3v) is 2.62. The van der Waals surface area contributed by atoms with Gasteiger partial charge in [-0.1, -0.05) is 11.6 Å². The minimum Gasteiger partial charge on any atom is -0.465 e. The van der Waals surface area contributed by atoms with Gasteiger partial charge in [-0.3, -0.25) is 4.79 Å². The number of carbonyl (C=O) groups excluding carboxylic acids is 1. The lowest BCUT2D eigenvalue weighted by molar-refractivity contribution is 0.0948. The van der Waals surface area contributed by atoms with E-state index in [9.17, 15) is 4.79 Å². The Morgan fingerprint density at radius 2 is 2.26 bits per heavy atom. The molecular weight excluding hydrogens is 268 g/mol. The summed E-state index contributed by atoms with van der Waals surface area (Å²) in [6, 6.07) is 6.61. The lowest BCUT2D eigenvalue weighted by atomic mass is 10.2. The second-order valence-corrected chi connectivity index (χ2v) is 4.29. The molecule has 2 rings (SSSR count). The van der Waals surface area contributed by atoms with Crippen LogP contribution >= 0.6 is 11.6 Å². The molecule has 6 nitrogen and oxygen atoms in total. The van der Waals surface area contributed by atoms with Crippen LogP contribution in [-0.2, 0) is 6.54 Å². The van der Waals surface area contributed by atoms with E-state index in [2.05, 4.69) is 15.7 Å². The van der Waals surface area contributed by atoms with Crippen LogP contribution in [0.25, 0.3) is 0 Å². The molecule has 0 saturated heterocycles. The largest absolute Gasteiger partial charge is 0.465 e. The van der Waals surface area contributed by atoms with Gasteiger partial charge in [0.15, 0.2) is 0 Å². The molecule has 0 aliphatic heterocycles. The molecular formula is C12H13ClN4O2. The van der Waals surface area contributed by atoms with Gasteiger partial charge in [0.25, 0.3) is 5.91 Å². The van der Waals surface area contributed by atoms with Gasteiger partial charge in [0.05, 0.1) is 6.54 Å². The molecule has 4 N–H and O–H groups in total. The Balaban J connectivity index is 2.05. The molecule has 0 unspecified atom stereocenters. The van der Waals surface area contributed by atoms with Crippen molar-refractivity contribution in [2.45, 2.75) is 13.5 Å². The zero-order chi connectivity index (χ0) is 13.8. The number of anilines is 1. The van der Waals surface area contributed by atoms with E-state index in [1.165, 1.54) is 12.1 Å². The number of aryl methyl sites for hydroxylation is 1. The molecule has 2 heterocycles. The van der Waals surface area contributed by atoms with Gasteiger partial charge in [0, 0.05) is 5.56 Å². The van der Waals surface area contributed by atoms with E-state index in [0.29, 0.717) is 23.7 Å². The molecule has 19 heavy (non-hydrogen) atoms. The molecule has 2 aromatic heterocycles. The van der Waals surface area contributed by atoms with E-state index in [4.69, 9.17) is 21.9 Å². The number of nitrogens with two attached hydrogens (primary N) is 1. The van der Waals surface area contributed by atoms with E-state index in [1.807, 2.05) is 19.1 Å². The molecule has 0 fully saturated rings. The van der Waals surface area contributed by atoms with Crippen molar-refractivity contribution in [3.05, 3.63) is 46.5 Å². The number of carbonyl (C=O) groups is 1. The smallest absolute Gasteiger partial charge is 0.251 e. The predicted molar refractivity (Wildman–Crippen MR) is 71.7 cm³/mol. The zero-order valence-electron chi connectivity index (χ0n) is 10.2. The summed E-state index contributed by atoms with van der Waals surface area (Å²) in [5.41, 5.74) is 2.72. The van der Waals surface area contributed by atoms with E-state index in [1.54, 1.807) is 0 Å². The topological polar surface area (TPSA) is 93.2 Å². The standard InChI is InChI=1S/C12H13ClN4O2/c1-7-2-3-9(19-7)6-15-12(18)8-4-10(13)16-11(5-8)17-14/h2-5H,6,14H2,1H3,(H,15,18)(H,16,17). The number of amides is 1. The number of hydrogen-bond acceptors (Lipinski definition) is 5. The van der Waals surface area contributed by atoms with Crippen molar-refractivity contribution in [1.29, 1.82) is 0 Å². The highest BCUT2D eigenvalue weighted by Crippen LogP contribution is 2.14. The van der Waals surface area contributed by atoms with Gasteiger partial charge in [-0.15, -0.1) is 0 Å². The summed E-state index contributed by atoms with van der Waals surface area (Å²) in [6.07, 6.45) is 0. The van der Waals surface area contributed by atoms with Crippen molar-refractivity contribution in [3.8, 4) is 0 Å². The Kier molecular flexibility index (Phi) is 4.03. The minimum atomic E-state index is -0.283. The van der Waals surface area contributed by atoms with Crippen LogP contribution in [0.15, 0.2) is 28.7 Å². The van der Waals surface area contributed by atoms with Gasteiger partial charge in [-0.05, 0) is 31.2 Å². The zero-order valence-corrected chi connectivity index (χ0v) is 11.0. The number of hydrogen-bond donors (Lipinski definition) is 3. The molecule has 0 saturated carbocycles. The van der Waals surface area contributed by atoms with Crippen molar-refractivity contribution in [2.24, 2.45) is 5.84 Å². The number of nitrogens with zero attached hydrogens (tertiary/aromatic N) is 1. The summed E-state index contributed by atoms with van der Waals surface area (Å²) in [5, 5.41) is 2.91. The van der Waals surface area contributed by atoms with Gasteiger partial charge < -0.3 is 15.2 Å². The quantitative estimate of drug-likeness (QED) is 0.451. The Hall–Kier alpha value is -2.05. The molecule has 0 spiro atoms. The lowest BCUT2D eigenvalue weighted by Gasteiger charge is -2.06. The number of aromatic nitrogens is 1. The summed E-state index contributed by atoms with van der Waals surface area (Å²) >= 11 is 5.79. The maximum atomic E-state index is 11.9. The van der Waals surface area contributed by atoms with Crippen molar-refractivity contribution < 1.29 is 9.21 Å². The van der Waals surface area contributed by atoms with Gasteiger partial charge in [-0.25, -0.2) is 10.8 Å². The van der Waals surface area contributed by atoms with Crippen LogP contribution in [0.2, 0.25) is 5.15 Å². The van der Waals surface area contributed by atoms with E-state index in [0.717, 1.165) is 5.76 Å². The Morgan fingerprint density at radius 3 is 2.89 bits per heavy atom. The highest BCUT2D eigenvalue weighted by molar-refractivity contribution is 6.29. The molecule has 0 aromatic carbocycles. The Morgan fingerprint density at radius 1 is 1.47 bits per heavy atom. The number of nitrogen functional groups attached to an aromatic ring is 1. The first kappa shape index (κ1) is 13.4. The normalized spacial score (nSPS) is 10.3. The van der Waals surface area contributed by atoms with Crippen LogP contribution in [0, 0.1) is 6.92 Å². The first-order valence-electron chi connectivity index (χ1n) is 5.56. The second kappa shape index (κ2) is 5.73. The van der Waals surface area contributed by atoms with Gasteiger partial charge in [0.2, 0.25) is 0 Å². The number of hydrazine groups is 1. The molecule has 0 bridgehead atoms. The fourth-order valence-corrected chi connectivity index (χ4v) is 1.76. The highest BCUT2D eigenvalue weighted by Gasteiger charge is 2.09. The molecule has 100 valence electrons. The fourth-order valence-electron chi connectivity index (χ4n) is 1.55. The van der Waals surface area contributed by atoms with Gasteiger partial charge in [0.1, 0.15) is 22.5 Å². The average Bonchev–Trinajstić information content (AvgIpc) is 2.81. The maximum absolute atomic E-state index is 11.9. The third kappa shape index (κ3) is 3.46. The molecule has 2 aromatic rings. The summed E-state index contributed by atoms with van der Waals surface area (Å²) in [5.74, 6) is 6.76. The number of nitrogens with one attached hydrogen (secondary N) is 2.